The highest BCUT2D eigenvalue weighted by Gasteiger charge is 2.30. The van der Waals surface area contributed by atoms with Crippen LogP contribution in [0.1, 0.15) is 18.9 Å². The number of aliphatic carboxylic acids is 1. The second kappa shape index (κ2) is 4.48. The van der Waals surface area contributed by atoms with Crippen LogP contribution in [0.2, 0.25) is 0 Å². The Balaban J connectivity index is 2.13. The van der Waals surface area contributed by atoms with Crippen LogP contribution in [0.3, 0.4) is 0 Å². The molecule has 0 aliphatic heterocycles. The summed E-state index contributed by atoms with van der Waals surface area (Å²) in [6.45, 7) is 0. The molecule has 4 nitrogen and oxygen atoms in total. The predicted octanol–water partition coefficient (Wildman–Crippen LogP) is 2.83. The van der Waals surface area contributed by atoms with E-state index < -0.39 is 17.6 Å². The summed E-state index contributed by atoms with van der Waals surface area (Å²) in [7, 11) is 0. The molecular weight excluding hydrogens is 274 g/mol. The zero-order valence-electron chi connectivity index (χ0n) is 9.77. The van der Waals surface area contributed by atoms with Crippen LogP contribution in [0.5, 0.6) is 0 Å². The van der Waals surface area contributed by atoms with Crippen molar-refractivity contribution in [2.24, 2.45) is 0 Å². The molecule has 2 aromatic rings. The Morgan fingerprint density at radius 2 is 2.21 bits per heavy atom. The van der Waals surface area contributed by atoms with Gasteiger partial charge in [-0.2, -0.15) is 0 Å². The second-order valence-corrected chi connectivity index (χ2v) is 5.35. The van der Waals surface area contributed by atoms with Gasteiger partial charge >= 0.3 is 5.97 Å². The first-order valence-electron chi connectivity index (χ1n) is 5.78. The largest absolute Gasteiger partial charge is 0.481 e. The highest BCUT2D eigenvalue weighted by atomic mass is 32.2. The average molecular weight is 284 g/mol. The van der Waals surface area contributed by atoms with Crippen molar-refractivity contribution in [3.63, 3.8) is 0 Å². The van der Waals surface area contributed by atoms with Gasteiger partial charge in [0.15, 0.2) is 16.8 Å². The normalized spacial score (nSPS) is 15.1. The van der Waals surface area contributed by atoms with Crippen molar-refractivity contribution in [2.45, 2.75) is 24.0 Å². The quantitative estimate of drug-likeness (QED) is 0.877. The third-order valence-corrected chi connectivity index (χ3v) is 3.89. The van der Waals surface area contributed by atoms with E-state index >= 15 is 0 Å². The van der Waals surface area contributed by atoms with Crippen LogP contribution in [-0.4, -0.2) is 26.4 Å². The van der Waals surface area contributed by atoms with Crippen LogP contribution < -0.4 is 0 Å². The molecule has 1 aliphatic carbocycles. The lowest BCUT2D eigenvalue weighted by Crippen LogP contribution is -2.03. The Morgan fingerprint density at radius 1 is 1.47 bits per heavy atom. The summed E-state index contributed by atoms with van der Waals surface area (Å²) in [5.41, 5.74) is 0.495. The maximum atomic E-state index is 13.9. The minimum Gasteiger partial charge on any atom is -0.481 e. The summed E-state index contributed by atoms with van der Waals surface area (Å²) in [4.78, 5) is 14.8. The molecule has 0 saturated heterocycles. The molecule has 1 aromatic heterocycles. The zero-order chi connectivity index (χ0) is 13.6. The van der Waals surface area contributed by atoms with Gasteiger partial charge in [0.05, 0.1) is 11.3 Å². The minimum atomic E-state index is -0.967. The van der Waals surface area contributed by atoms with Gasteiger partial charge in [-0.05, 0) is 25.0 Å². The average Bonchev–Trinajstić information content (AvgIpc) is 3.13. The number of rotatable bonds is 4. The van der Waals surface area contributed by atoms with Crippen LogP contribution in [0.25, 0.3) is 11.0 Å². The number of hydrogen-bond acceptors (Lipinski definition) is 3. The predicted molar refractivity (Wildman–Crippen MR) is 66.3 cm³/mol. The van der Waals surface area contributed by atoms with Crippen molar-refractivity contribution in [3.8, 4) is 0 Å². The zero-order valence-corrected chi connectivity index (χ0v) is 10.6. The van der Waals surface area contributed by atoms with E-state index in [0.29, 0.717) is 10.7 Å². The fourth-order valence-electron chi connectivity index (χ4n) is 2.00. The molecule has 1 aliphatic rings. The standard InChI is InChI=1S/C12H10F2N2O2S/c13-7-3-4-8-11(10(7)14)16(6-1-2-6)12(15-8)19-5-9(17)18/h3-4,6H,1-2,5H2,(H,17,18). The van der Waals surface area contributed by atoms with E-state index in [1.807, 2.05) is 0 Å². The summed E-state index contributed by atoms with van der Waals surface area (Å²) in [6.07, 6.45) is 1.75. The van der Waals surface area contributed by atoms with Crippen molar-refractivity contribution >= 4 is 28.8 Å². The molecule has 7 heteroatoms. The molecule has 19 heavy (non-hydrogen) atoms. The number of thioether (sulfide) groups is 1. The lowest BCUT2D eigenvalue weighted by molar-refractivity contribution is -0.133. The molecule has 0 unspecified atom stereocenters. The third-order valence-electron chi connectivity index (χ3n) is 2.95. The summed E-state index contributed by atoms with van der Waals surface area (Å²) in [5, 5.41) is 9.14. The van der Waals surface area contributed by atoms with Crippen molar-refractivity contribution in [1.82, 2.24) is 9.55 Å². The number of imidazole rings is 1. The van der Waals surface area contributed by atoms with E-state index in [1.54, 1.807) is 4.57 Å². The van der Waals surface area contributed by atoms with Crippen LogP contribution >= 0.6 is 11.8 Å². The van der Waals surface area contributed by atoms with E-state index in [4.69, 9.17) is 5.11 Å². The van der Waals surface area contributed by atoms with Gasteiger partial charge in [0.25, 0.3) is 0 Å². The van der Waals surface area contributed by atoms with Gasteiger partial charge < -0.3 is 9.67 Å². The molecule has 0 radical (unpaired) electrons. The van der Waals surface area contributed by atoms with E-state index in [9.17, 15) is 13.6 Å². The van der Waals surface area contributed by atoms with Gasteiger partial charge in [-0.25, -0.2) is 13.8 Å². The van der Waals surface area contributed by atoms with Crippen LogP contribution in [0, 0.1) is 11.6 Å². The lowest BCUT2D eigenvalue weighted by atomic mass is 10.3. The van der Waals surface area contributed by atoms with E-state index in [0.717, 1.165) is 30.7 Å². The molecule has 1 saturated carbocycles. The fraction of sp³-hybridized carbons (Fsp3) is 0.333. The SMILES string of the molecule is O=C(O)CSc1nc2ccc(F)c(F)c2n1C1CC1. The molecule has 0 amide bonds. The number of fused-ring (bicyclic) bond motifs is 1. The molecule has 0 bridgehead atoms. The second-order valence-electron chi connectivity index (χ2n) is 4.41. The highest BCUT2D eigenvalue weighted by Crippen LogP contribution is 2.41. The molecule has 0 atom stereocenters. The number of carboxylic acid groups (broad SMARTS) is 1. The third kappa shape index (κ3) is 2.18. The van der Waals surface area contributed by atoms with Crippen LogP contribution in [0.15, 0.2) is 17.3 Å². The summed E-state index contributed by atoms with van der Waals surface area (Å²) < 4.78 is 28.8. The number of carbonyl (C=O) groups is 1. The summed E-state index contributed by atoms with van der Waals surface area (Å²) in [6, 6.07) is 2.54. The first-order valence-corrected chi connectivity index (χ1v) is 6.77. The number of halogens is 2. The molecular formula is C12H10F2N2O2S. The number of nitrogens with zero attached hydrogens (tertiary/aromatic N) is 2. The Labute approximate surface area is 111 Å². The molecule has 1 aromatic carbocycles. The Bertz CT molecular complexity index is 667. The van der Waals surface area contributed by atoms with E-state index in [-0.39, 0.29) is 17.3 Å². The van der Waals surface area contributed by atoms with Crippen molar-refractivity contribution in [3.05, 3.63) is 23.8 Å². The Morgan fingerprint density at radius 3 is 2.84 bits per heavy atom. The highest BCUT2D eigenvalue weighted by molar-refractivity contribution is 7.99. The molecule has 0 spiro atoms. The monoisotopic (exact) mass is 284 g/mol. The Kier molecular flexibility index (Phi) is 2.93. The van der Waals surface area contributed by atoms with Gasteiger partial charge in [-0.1, -0.05) is 11.8 Å². The summed E-state index contributed by atoms with van der Waals surface area (Å²) in [5.74, 6) is -2.95. The number of aromatic nitrogens is 2. The van der Waals surface area contributed by atoms with Gasteiger partial charge in [0, 0.05) is 6.04 Å². The smallest absolute Gasteiger partial charge is 0.313 e. The molecule has 3 rings (SSSR count). The first kappa shape index (κ1) is 12.4. The Hall–Kier alpha value is -1.63. The fourth-order valence-corrected chi connectivity index (χ4v) is 2.80. The van der Waals surface area contributed by atoms with Gasteiger partial charge in [0.2, 0.25) is 0 Å². The topological polar surface area (TPSA) is 55.1 Å². The van der Waals surface area contributed by atoms with Crippen LogP contribution in [0.4, 0.5) is 8.78 Å². The number of hydrogen-bond donors (Lipinski definition) is 1. The van der Waals surface area contributed by atoms with E-state index in [2.05, 4.69) is 4.98 Å². The van der Waals surface area contributed by atoms with Crippen LogP contribution in [-0.2, 0) is 4.79 Å². The lowest BCUT2D eigenvalue weighted by Gasteiger charge is -2.06. The van der Waals surface area contributed by atoms with Gasteiger partial charge in [0.1, 0.15) is 5.52 Å². The molecule has 100 valence electrons. The minimum absolute atomic E-state index is 0.0950. The number of carboxylic acids is 1. The van der Waals surface area contributed by atoms with Crippen molar-refractivity contribution < 1.29 is 18.7 Å². The van der Waals surface area contributed by atoms with E-state index in [1.165, 1.54) is 6.07 Å². The maximum absolute atomic E-state index is 13.9. The number of benzene rings is 1. The van der Waals surface area contributed by atoms with Gasteiger partial charge in [-0.15, -0.1) is 0 Å². The summed E-state index contributed by atoms with van der Waals surface area (Å²) >= 11 is 1.03. The van der Waals surface area contributed by atoms with Crippen molar-refractivity contribution in [2.75, 3.05) is 5.75 Å². The maximum Gasteiger partial charge on any atom is 0.313 e. The molecule has 1 heterocycles. The van der Waals surface area contributed by atoms with Gasteiger partial charge in [-0.3, -0.25) is 4.79 Å². The molecule has 1 fully saturated rings. The first-order chi connectivity index (χ1) is 9.08. The van der Waals surface area contributed by atoms with Crippen molar-refractivity contribution in [1.29, 1.82) is 0 Å². The molecule has 1 N–H and O–H groups in total.